The Morgan fingerprint density at radius 3 is 1.21 bits per heavy atom. The monoisotopic (exact) mass is 738 g/mol. The van der Waals surface area contributed by atoms with Crippen molar-refractivity contribution in [2.24, 2.45) is 0 Å². The summed E-state index contributed by atoms with van der Waals surface area (Å²) in [5.74, 6) is 0. The van der Waals surface area contributed by atoms with Crippen LogP contribution in [0.4, 0.5) is 0 Å². The molecular formula is C50H30N2Se. The zero-order valence-corrected chi connectivity index (χ0v) is 30.3. The average molecular weight is 738 g/mol. The van der Waals surface area contributed by atoms with Gasteiger partial charge in [0.2, 0.25) is 0 Å². The maximum absolute atomic E-state index is 4.51. The molecule has 0 atom stereocenters. The summed E-state index contributed by atoms with van der Waals surface area (Å²) in [5, 5.41) is 12.8. The van der Waals surface area contributed by atoms with Crippen LogP contribution in [0.2, 0.25) is 0 Å². The summed E-state index contributed by atoms with van der Waals surface area (Å²) in [6.45, 7) is 0. The van der Waals surface area contributed by atoms with Gasteiger partial charge in [0.25, 0.3) is 0 Å². The zero-order chi connectivity index (χ0) is 34.9. The number of hydrogen-bond donors (Lipinski definition) is 0. The van der Waals surface area contributed by atoms with Crippen LogP contribution < -0.4 is 0 Å². The number of rotatable bonds is 4. The number of aromatic nitrogens is 2. The van der Waals surface area contributed by atoms with E-state index in [9.17, 15) is 0 Å². The van der Waals surface area contributed by atoms with Crippen LogP contribution in [0.1, 0.15) is 0 Å². The van der Waals surface area contributed by atoms with Gasteiger partial charge in [0, 0.05) is 0 Å². The third kappa shape index (κ3) is 4.65. The second kappa shape index (κ2) is 12.1. The van der Waals surface area contributed by atoms with Crippen LogP contribution in [0.5, 0.6) is 0 Å². The molecule has 2 nitrogen and oxygen atoms in total. The van der Waals surface area contributed by atoms with Crippen molar-refractivity contribution in [2.45, 2.75) is 0 Å². The third-order valence-corrected chi connectivity index (χ3v) is 13.3. The molecule has 0 radical (unpaired) electrons. The predicted molar refractivity (Wildman–Crippen MR) is 226 cm³/mol. The summed E-state index contributed by atoms with van der Waals surface area (Å²) in [5.41, 5.74) is 9.98. The molecule has 53 heavy (non-hydrogen) atoms. The van der Waals surface area contributed by atoms with Gasteiger partial charge >= 0.3 is 314 Å². The van der Waals surface area contributed by atoms with E-state index in [0.29, 0.717) is 0 Å². The van der Waals surface area contributed by atoms with Gasteiger partial charge in [0.15, 0.2) is 0 Å². The SMILES string of the molecule is c1cncc(-c2c3ccccc3c(-c3ccc4c(c3)[se]c3c(-c5c6ccccc6c(-c6cccnc6)c6ccccc56)cccc34)c3ccccc23)c1. The molecule has 3 aromatic heterocycles. The predicted octanol–water partition coefficient (Wildman–Crippen LogP) is 13.1. The van der Waals surface area contributed by atoms with E-state index >= 15 is 0 Å². The molecule has 0 amide bonds. The van der Waals surface area contributed by atoms with Gasteiger partial charge in [0.1, 0.15) is 0 Å². The van der Waals surface area contributed by atoms with E-state index in [-0.39, 0.29) is 14.5 Å². The molecule has 0 aliphatic carbocycles. The fourth-order valence-electron chi connectivity index (χ4n) is 8.65. The van der Waals surface area contributed by atoms with Crippen LogP contribution in [0.25, 0.3) is 107 Å². The number of fused-ring (bicyclic) bond motifs is 7. The maximum atomic E-state index is 4.51. The Hall–Kier alpha value is -6.38. The second-order valence-electron chi connectivity index (χ2n) is 13.7. The fourth-order valence-corrected chi connectivity index (χ4v) is 11.3. The molecule has 0 saturated heterocycles. The molecular weight excluding hydrogens is 708 g/mol. The van der Waals surface area contributed by atoms with Crippen LogP contribution in [-0.4, -0.2) is 24.5 Å². The molecule has 11 rings (SSSR count). The van der Waals surface area contributed by atoms with Crippen molar-refractivity contribution in [2.75, 3.05) is 0 Å². The summed E-state index contributed by atoms with van der Waals surface area (Å²) in [6.07, 6.45) is 7.67. The molecule has 0 unspecified atom stereocenters. The summed E-state index contributed by atoms with van der Waals surface area (Å²) in [6, 6.07) is 58.1. The van der Waals surface area contributed by atoms with E-state index in [1.54, 1.807) is 0 Å². The minimum absolute atomic E-state index is 0.114. The van der Waals surface area contributed by atoms with Crippen LogP contribution in [-0.2, 0) is 0 Å². The van der Waals surface area contributed by atoms with Crippen molar-refractivity contribution in [3.05, 3.63) is 183 Å². The zero-order valence-electron chi connectivity index (χ0n) is 28.6. The Kier molecular flexibility index (Phi) is 6.91. The Labute approximate surface area is 312 Å². The Morgan fingerprint density at radius 2 is 0.755 bits per heavy atom. The van der Waals surface area contributed by atoms with Gasteiger partial charge in [-0.15, -0.1) is 0 Å². The molecule has 8 aromatic carbocycles. The van der Waals surface area contributed by atoms with Crippen LogP contribution in [0.3, 0.4) is 0 Å². The van der Waals surface area contributed by atoms with Gasteiger partial charge in [-0.1, -0.05) is 0 Å². The molecule has 11 aromatic rings. The Balaban J connectivity index is 1.18. The summed E-state index contributed by atoms with van der Waals surface area (Å²) in [4.78, 5) is 9.00. The molecule has 0 fully saturated rings. The van der Waals surface area contributed by atoms with Gasteiger partial charge in [-0.25, -0.2) is 0 Å². The quantitative estimate of drug-likeness (QED) is 0.133. The average Bonchev–Trinajstić information content (AvgIpc) is 3.61. The van der Waals surface area contributed by atoms with Crippen molar-refractivity contribution < 1.29 is 0 Å². The summed E-state index contributed by atoms with van der Waals surface area (Å²) >= 11 is 0.114. The Morgan fingerprint density at radius 1 is 0.321 bits per heavy atom. The van der Waals surface area contributed by atoms with E-state index in [2.05, 4.69) is 156 Å². The first-order valence-electron chi connectivity index (χ1n) is 18.0. The standard InChI is InChI=1S/C50H30N2Se/c1-3-16-37-35(14-1)46(36-15-2-4-17-38(36)47(37)32-12-10-26-51-29-32)31-24-25-34-43-22-9-23-44(50(43)53-45(34)28-31)49-41-20-7-5-18-39(41)48(33-13-11-27-52-30-33)40-19-6-8-21-42(40)49/h1-30H. The molecule has 0 N–H and O–H groups in total. The summed E-state index contributed by atoms with van der Waals surface area (Å²) in [7, 11) is 0. The van der Waals surface area contributed by atoms with Crippen LogP contribution >= 0.6 is 0 Å². The van der Waals surface area contributed by atoms with E-state index in [4.69, 9.17) is 0 Å². The Bertz CT molecular complexity index is 3100. The first kappa shape index (κ1) is 30.3. The molecule has 3 heterocycles. The van der Waals surface area contributed by atoms with Crippen LogP contribution in [0, 0.1) is 0 Å². The first-order chi connectivity index (χ1) is 26.3. The first-order valence-corrected chi connectivity index (χ1v) is 19.7. The molecule has 0 spiro atoms. The van der Waals surface area contributed by atoms with Crippen molar-refractivity contribution in [3.63, 3.8) is 0 Å². The van der Waals surface area contributed by atoms with Crippen molar-refractivity contribution >= 4 is 76.9 Å². The molecule has 0 bridgehead atoms. The molecule has 246 valence electrons. The number of benzene rings is 8. The topological polar surface area (TPSA) is 25.8 Å². The van der Waals surface area contributed by atoms with Gasteiger partial charge in [-0.3, -0.25) is 0 Å². The summed E-state index contributed by atoms with van der Waals surface area (Å²) < 4.78 is 2.89. The van der Waals surface area contributed by atoms with Gasteiger partial charge < -0.3 is 0 Å². The molecule has 0 aliphatic rings. The molecule has 0 aliphatic heterocycles. The normalized spacial score (nSPS) is 11.8. The van der Waals surface area contributed by atoms with Gasteiger partial charge in [0.05, 0.1) is 0 Å². The van der Waals surface area contributed by atoms with Crippen molar-refractivity contribution in [1.29, 1.82) is 0 Å². The van der Waals surface area contributed by atoms with E-state index < -0.39 is 0 Å². The second-order valence-corrected chi connectivity index (χ2v) is 15.9. The molecule has 0 saturated carbocycles. The number of hydrogen-bond acceptors (Lipinski definition) is 2. The number of nitrogens with zero attached hydrogens (tertiary/aromatic N) is 2. The van der Waals surface area contributed by atoms with Crippen molar-refractivity contribution in [1.82, 2.24) is 9.97 Å². The fraction of sp³-hybridized carbons (Fsp3) is 0. The van der Waals surface area contributed by atoms with Gasteiger partial charge in [-0.2, -0.15) is 0 Å². The number of pyridine rings is 2. The third-order valence-electron chi connectivity index (χ3n) is 10.8. The van der Waals surface area contributed by atoms with Crippen LogP contribution in [0.15, 0.2) is 183 Å². The van der Waals surface area contributed by atoms with E-state index in [1.165, 1.54) is 95.8 Å². The minimum atomic E-state index is 0.114. The molecule has 3 heteroatoms. The van der Waals surface area contributed by atoms with E-state index in [1.807, 2.05) is 36.9 Å². The van der Waals surface area contributed by atoms with E-state index in [0.717, 1.165) is 11.1 Å². The van der Waals surface area contributed by atoms with Gasteiger partial charge in [-0.05, 0) is 0 Å². The van der Waals surface area contributed by atoms with Crippen molar-refractivity contribution in [3.8, 4) is 44.5 Å².